The van der Waals surface area contributed by atoms with E-state index in [1.54, 1.807) is 6.33 Å². The van der Waals surface area contributed by atoms with Crippen LogP contribution in [0.1, 0.15) is 56.0 Å². The van der Waals surface area contributed by atoms with Crippen molar-refractivity contribution in [1.29, 1.82) is 0 Å². The number of carbonyl (C=O) groups excluding carboxylic acids is 1. The Labute approximate surface area is 146 Å². The van der Waals surface area contributed by atoms with Crippen molar-refractivity contribution in [2.24, 2.45) is 0 Å². The number of hydrogen-bond donors (Lipinski definition) is 1. The fourth-order valence-corrected chi connectivity index (χ4v) is 3.98. The van der Waals surface area contributed by atoms with E-state index in [1.807, 2.05) is 24.3 Å². The van der Waals surface area contributed by atoms with Gasteiger partial charge in [0, 0.05) is 11.1 Å². The van der Waals surface area contributed by atoms with Crippen LogP contribution in [0.5, 0.6) is 0 Å². The lowest BCUT2D eigenvalue weighted by molar-refractivity contribution is -0.126. The molecule has 0 unspecified atom stereocenters. The molecule has 2 fully saturated rings. The highest BCUT2D eigenvalue weighted by Crippen LogP contribution is 2.42. The van der Waals surface area contributed by atoms with Gasteiger partial charge in [0.05, 0.1) is 12.0 Å². The average Bonchev–Trinajstić information content (AvgIpc) is 3.12. The fourth-order valence-electron chi connectivity index (χ4n) is 3.79. The van der Waals surface area contributed by atoms with E-state index in [0.29, 0.717) is 17.6 Å². The van der Waals surface area contributed by atoms with Gasteiger partial charge in [0.2, 0.25) is 5.91 Å². The third-order valence-corrected chi connectivity index (χ3v) is 5.50. The summed E-state index contributed by atoms with van der Waals surface area (Å²) in [6, 6.07) is 8.24. The Kier molecular flexibility index (Phi) is 4.04. The monoisotopic (exact) mass is 344 g/mol. The molecule has 0 radical (unpaired) electrons. The maximum atomic E-state index is 13.1. The first-order valence-electron chi connectivity index (χ1n) is 8.62. The van der Waals surface area contributed by atoms with Gasteiger partial charge in [0.25, 0.3) is 0 Å². The number of benzene rings is 1. The molecule has 4 rings (SSSR count). The summed E-state index contributed by atoms with van der Waals surface area (Å²) < 4.78 is 2.08. The van der Waals surface area contributed by atoms with Gasteiger partial charge < -0.3 is 9.88 Å². The summed E-state index contributed by atoms with van der Waals surface area (Å²) in [4.78, 5) is 13.1. The molecule has 24 heavy (non-hydrogen) atoms. The van der Waals surface area contributed by atoms with Gasteiger partial charge in [0.15, 0.2) is 5.82 Å². The minimum Gasteiger partial charge on any atom is -0.348 e. The zero-order chi connectivity index (χ0) is 16.6. The van der Waals surface area contributed by atoms with Crippen LogP contribution < -0.4 is 5.32 Å². The summed E-state index contributed by atoms with van der Waals surface area (Å²) in [5.41, 5.74) is 0.559. The number of aromatic nitrogens is 3. The molecule has 1 N–H and O–H groups in total. The van der Waals surface area contributed by atoms with Crippen molar-refractivity contribution in [3.63, 3.8) is 0 Å². The quantitative estimate of drug-likeness (QED) is 0.904. The van der Waals surface area contributed by atoms with Gasteiger partial charge in [-0.3, -0.25) is 4.79 Å². The van der Waals surface area contributed by atoms with Crippen molar-refractivity contribution in [2.45, 2.75) is 56.5 Å². The van der Waals surface area contributed by atoms with E-state index >= 15 is 0 Å². The molecule has 2 aliphatic rings. The molecule has 2 saturated carbocycles. The van der Waals surface area contributed by atoms with Gasteiger partial charge in [0.1, 0.15) is 6.33 Å². The van der Waals surface area contributed by atoms with E-state index in [4.69, 9.17) is 11.6 Å². The first-order valence-corrected chi connectivity index (χ1v) is 8.99. The van der Waals surface area contributed by atoms with Crippen LogP contribution in [0.25, 0.3) is 0 Å². The van der Waals surface area contributed by atoms with E-state index in [1.165, 1.54) is 12.8 Å². The second-order valence-corrected chi connectivity index (χ2v) is 7.30. The number of nitrogens with zero attached hydrogens (tertiary/aromatic N) is 3. The van der Waals surface area contributed by atoms with E-state index in [2.05, 4.69) is 20.1 Å². The summed E-state index contributed by atoms with van der Waals surface area (Å²) in [5, 5.41) is 11.9. The Bertz CT molecular complexity index is 747. The average molecular weight is 345 g/mol. The molecule has 6 heteroatoms. The Morgan fingerprint density at radius 1 is 1.33 bits per heavy atom. The minimum atomic E-state index is -0.463. The first kappa shape index (κ1) is 15.6. The predicted molar refractivity (Wildman–Crippen MR) is 91.7 cm³/mol. The number of carbonyl (C=O) groups is 1. The van der Waals surface area contributed by atoms with Crippen LogP contribution in [0.15, 0.2) is 30.6 Å². The van der Waals surface area contributed by atoms with Gasteiger partial charge in [-0.15, -0.1) is 10.2 Å². The number of rotatable bonds is 5. The third-order valence-electron chi connectivity index (χ3n) is 5.26. The van der Waals surface area contributed by atoms with Gasteiger partial charge in [-0.05, 0) is 43.4 Å². The second kappa shape index (κ2) is 6.20. The number of amides is 1. The number of halogens is 1. The van der Waals surface area contributed by atoms with Crippen LogP contribution >= 0.6 is 11.6 Å². The van der Waals surface area contributed by atoms with Crippen LogP contribution in [0.4, 0.5) is 0 Å². The van der Waals surface area contributed by atoms with Crippen molar-refractivity contribution >= 4 is 17.5 Å². The molecular weight excluding hydrogens is 324 g/mol. The Hall–Kier alpha value is -1.88. The Morgan fingerprint density at radius 2 is 2.12 bits per heavy atom. The zero-order valence-corrected chi connectivity index (χ0v) is 14.3. The van der Waals surface area contributed by atoms with Crippen LogP contribution in [0.3, 0.4) is 0 Å². The molecule has 2 aromatic rings. The van der Waals surface area contributed by atoms with Crippen molar-refractivity contribution < 1.29 is 4.79 Å². The molecule has 0 spiro atoms. The summed E-state index contributed by atoms with van der Waals surface area (Å²) in [6.07, 6.45) is 7.98. The largest absolute Gasteiger partial charge is 0.348 e. The second-order valence-electron chi connectivity index (χ2n) is 6.87. The molecule has 0 bridgehead atoms. The molecule has 126 valence electrons. The molecule has 1 aromatic heterocycles. The molecular formula is C18H21ClN4O. The van der Waals surface area contributed by atoms with Crippen LogP contribution in [-0.2, 0) is 16.8 Å². The minimum absolute atomic E-state index is 0.0765. The first-order chi connectivity index (χ1) is 11.7. The molecule has 0 aliphatic heterocycles. The highest BCUT2D eigenvalue weighted by Gasteiger charge is 2.42. The highest BCUT2D eigenvalue weighted by atomic mass is 35.5. The summed E-state index contributed by atoms with van der Waals surface area (Å²) >= 11 is 6.16. The number of nitrogens with one attached hydrogen (secondary N) is 1. The number of hydrogen-bond acceptors (Lipinski definition) is 3. The van der Waals surface area contributed by atoms with E-state index in [0.717, 1.165) is 37.1 Å². The predicted octanol–water partition coefficient (Wildman–Crippen LogP) is 3.39. The molecule has 1 amide bonds. The standard InChI is InChI=1S/C18H21ClN4O/c19-14-5-3-4-13(10-14)18(8-1-2-9-18)17(24)20-11-16-22-21-12-23(16)15-6-7-15/h3-5,10,12,15H,1-2,6-9,11H2,(H,20,24). The molecule has 5 nitrogen and oxygen atoms in total. The van der Waals surface area contributed by atoms with Crippen LogP contribution in [-0.4, -0.2) is 20.7 Å². The van der Waals surface area contributed by atoms with E-state index in [9.17, 15) is 4.79 Å². The molecule has 2 aliphatic carbocycles. The molecule has 0 saturated heterocycles. The summed E-state index contributed by atoms with van der Waals surface area (Å²) in [7, 11) is 0. The smallest absolute Gasteiger partial charge is 0.231 e. The lowest BCUT2D eigenvalue weighted by Gasteiger charge is -2.28. The van der Waals surface area contributed by atoms with Gasteiger partial charge in [-0.25, -0.2) is 0 Å². The van der Waals surface area contributed by atoms with Gasteiger partial charge >= 0.3 is 0 Å². The topological polar surface area (TPSA) is 59.8 Å². The molecule has 0 atom stereocenters. The van der Waals surface area contributed by atoms with Crippen molar-refractivity contribution in [2.75, 3.05) is 0 Å². The maximum Gasteiger partial charge on any atom is 0.231 e. The summed E-state index contributed by atoms with van der Waals surface area (Å²) in [6.45, 7) is 0.428. The van der Waals surface area contributed by atoms with Gasteiger partial charge in [-0.2, -0.15) is 0 Å². The Balaban J connectivity index is 1.53. The van der Waals surface area contributed by atoms with Crippen molar-refractivity contribution in [3.8, 4) is 0 Å². The lowest BCUT2D eigenvalue weighted by Crippen LogP contribution is -2.42. The van der Waals surface area contributed by atoms with Crippen molar-refractivity contribution in [1.82, 2.24) is 20.1 Å². The van der Waals surface area contributed by atoms with E-state index < -0.39 is 5.41 Å². The molecule has 1 heterocycles. The molecule has 1 aromatic carbocycles. The van der Waals surface area contributed by atoms with Crippen LogP contribution in [0.2, 0.25) is 5.02 Å². The summed E-state index contributed by atoms with van der Waals surface area (Å²) in [5.74, 6) is 0.915. The lowest BCUT2D eigenvalue weighted by atomic mass is 9.78. The van der Waals surface area contributed by atoms with E-state index in [-0.39, 0.29) is 5.91 Å². The third kappa shape index (κ3) is 2.81. The fraction of sp³-hybridized carbons (Fsp3) is 0.500. The normalized spacial score (nSPS) is 19.4. The SMILES string of the molecule is O=C(NCc1nncn1C1CC1)C1(c2cccc(Cl)c2)CCCC1. The highest BCUT2D eigenvalue weighted by molar-refractivity contribution is 6.30. The Morgan fingerprint density at radius 3 is 2.83 bits per heavy atom. The van der Waals surface area contributed by atoms with Gasteiger partial charge in [-0.1, -0.05) is 36.6 Å². The van der Waals surface area contributed by atoms with Crippen molar-refractivity contribution in [3.05, 3.63) is 47.0 Å². The zero-order valence-electron chi connectivity index (χ0n) is 13.5. The maximum absolute atomic E-state index is 13.1. The van der Waals surface area contributed by atoms with Crippen LogP contribution in [0, 0.1) is 0 Å².